The maximum absolute atomic E-state index is 14.3. The number of rotatable bonds is 12. The molecular formula is C46H47NO6P2. The minimum Gasteiger partial charge on any atom is -0.493 e. The molecule has 282 valence electrons. The number of anilines is 1. The molecule has 0 spiro atoms. The third-order valence-corrected chi connectivity index (χ3v) is 16.3. The molecule has 4 unspecified atom stereocenters. The van der Waals surface area contributed by atoms with Crippen molar-refractivity contribution in [2.75, 3.05) is 30.8 Å². The van der Waals surface area contributed by atoms with Gasteiger partial charge in [0.25, 0.3) is 14.7 Å². The average Bonchev–Trinajstić information content (AvgIpc) is 3.20. The van der Waals surface area contributed by atoms with Gasteiger partial charge in [-0.05, 0) is 77.6 Å². The first kappa shape index (κ1) is 37.1. The van der Waals surface area contributed by atoms with Crippen LogP contribution in [0.3, 0.4) is 0 Å². The summed E-state index contributed by atoms with van der Waals surface area (Å²) >= 11 is 0. The van der Waals surface area contributed by atoms with Crippen molar-refractivity contribution in [3.63, 3.8) is 0 Å². The van der Waals surface area contributed by atoms with E-state index in [0.29, 0.717) is 29.6 Å². The van der Waals surface area contributed by atoms with Crippen LogP contribution in [0.1, 0.15) is 50.3 Å². The van der Waals surface area contributed by atoms with Gasteiger partial charge in [0.2, 0.25) is 0 Å². The Morgan fingerprint density at radius 1 is 0.745 bits per heavy atom. The molecule has 5 aromatic rings. The topological polar surface area (TPSA) is 94.1 Å². The van der Waals surface area contributed by atoms with Crippen LogP contribution in [-0.4, -0.2) is 36.7 Å². The second kappa shape index (κ2) is 15.0. The number of benzene rings is 5. The normalized spacial score (nSPS) is 20.8. The Morgan fingerprint density at radius 3 is 2.07 bits per heavy atom. The predicted octanol–water partition coefficient (Wildman–Crippen LogP) is 10.9. The molecular weight excluding hydrogens is 724 g/mol. The molecule has 0 saturated carbocycles. The third-order valence-electron chi connectivity index (χ3n) is 10.9. The fraction of sp³-hybridized carbons (Fsp3) is 0.261. The highest BCUT2D eigenvalue weighted by Crippen LogP contribution is 2.64. The molecule has 55 heavy (non-hydrogen) atoms. The minimum absolute atomic E-state index is 0.0102. The predicted molar refractivity (Wildman–Crippen MR) is 224 cm³/mol. The molecule has 5 aromatic carbocycles. The molecule has 0 bridgehead atoms. The van der Waals surface area contributed by atoms with Crippen molar-refractivity contribution in [1.29, 1.82) is 0 Å². The molecule has 0 radical (unpaired) electrons. The molecule has 8 rings (SSSR count). The van der Waals surface area contributed by atoms with Crippen molar-refractivity contribution in [1.82, 2.24) is 0 Å². The van der Waals surface area contributed by atoms with Gasteiger partial charge in [0.1, 0.15) is 17.2 Å². The van der Waals surface area contributed by atoms with Crippen LogP contribution in [0.2, 0.25) is 0 Å². The Kier molecular flexibility index (Phi) is 10.2. The summed E-state index contributed by atoms with van der Waals surface area (Å²) < 4.78 is 47.0. The summed E-state index contributed by atoms with van der Waals surface area (Å²) in [5.41, 5.74) is 6.76. The van der Waals surface area contributed by atoms with E-state index >= 15 is 0 Å². The van der Waals surface area contributed by atoms with Crippen LogP contribution in [0.5, 0.6) is 17.2 Å². The highest BCUT2D eigenvalue weighted by Gasteiger charge is 2.40. The van der Waals surface area contributed by atoms with E-state index in [4.69, 9.17) is 13.8 Å². The molecule has 0 fully saturated rings. The number of allylic oxidation sites excluding steroid dienone is 4. The Balaban J connectivity index is 0.856. The first-order chi connectivity index (χ1) is 26.5. The Morgan fingerprint density at radius 2 is 1.35 bits per heavy atom. The quantitative estimate of drug-likeness (QED) is 0.122. The van der Waals surface area contributed by atoms with Gasteiger partial charge < -0.3 is 24.2 Å². The Labute approximate surface area is 324 Å². The fourth-order valence-electron chi connectivity index (χ4n) is 7.91. The molecule has 9 heteroatoms. The third kappa shape index (κ3) is 7.46. The summed E-state index contributed by atoms with van der Waals surface area (Å²) in [5.74, 6) is 2.08. The molecule has 7 nitrogen and oxygen atoms in total. The number of fused-ring (bicyclic) bond motifs is 5. The lowest BCUT2D eigenvalue weighted by molar-refractivity contribution is 0.208. The van der Waals surface area contributed by atoms with Gasteiger partial charge in [0.05, 0.1) is 24.2 Å². The van der Waals surface area contributed by atoms with Crippen molar-refractivity contribution in [3.05, 3.63) is 155 Å². The first-order valence-corrected chi connectivity index (χ1v) is 22.7. The van der Waals surface area contributed by atoms with Gasteiger partial charge in [-0.25, -0.2) is 0 Å². The standard InChI is InChI=1S/C46H47NO6P2/c1-32(30-54(49)44-18-10-6-14-40(44)38-12-4-8-16-42(38)52-54)29-51-37-26-22-34(23-27-37)46(2,3)33-20-24-35(25-21-33)47-28-36(48)31-55(50)45-19-11-7-15-41(45)39-13-5-9-17-43(39)53-55/h4-9,11-17,19-27,32,36,47-48H,10,18,28-31H2,1-3H3. The van der Waals surface area contributed by atoms with Crippen molar-refractivity contribution < 1.29 is 28.0 Å². The second-order valence-electron chi connectivity index (χ2n) is 15.4. The number of aliphatic hydroxyl groups excluding tert-OH is 1. The van der Waals surface area contributed by atoms with Crippen molar-refractivity contribution in [2.24, 2.45) is 5.92 Å². The van der Waals surface area contributed by atoms with Crippen LogP contribution in [0, 0.1) is 5.92 Å². The van der Waals surface area contributed by atoms with Gasteiger partial charge >= 0.3 is 0 Å². The number of hydrogen-bond acceptors (Lipinski definition) is 7. The highest BCUT2D eigenvalue weighted by atomic mass is 31.2. The van der Waals surface area contributed by atoms with Gasteiger partial charge in [0, 0.05) is 46.2 Å². The zero-order valence-electron chi connectivity index (χ0n) is 31.5. The number of hydrogen-bond donors (Lipinski definition) is 2. The lowest BCUT2D eigenvalue weighted by Gasteiger charge is -2.33. The molecule has 3 aliphatic rings. The summed E-state index contributed by atoms with van der Waals surface area (Å²) in [7, 11) is -6.38. The van der Waals surface area contributed by atoms with E-state index in [0.717, 1.165) is 63.0 Å². The molecule has 2 aliphatic heterocycles. The monoisotopic (exact) mass is 771 g/mol. The maximum Gasteiger partial charge on any atom is 0.280 e. The van der Waals surface area contributed by atoms with Gasteiger partial charge in [0.15, 0.2) is 0 Å². The van der Waals surface area contributed by atoms with E-state index in [-0.39, 0.29) is 24.0 Å². The van der Waals surface area contributed by atoms with Gasteiger partial charge in [-0.2, -0.15) is 0 Å². The summed E-state index contributed by atoms with van der Waals surface area (Å²) in [6, 6.07) is 39.5. The van der Waals surface area contributed by atoms with Gasteiger partial charge in [-0.3, -0.25) is 9.13 Å². The fourth-order valence-corrected chi connectivity index (χ4v) is 13.2. The minimum atomic E-state index is -3.33. The van der Waals surface area contributed by atoms with E-state index in [9.17, 15) is 14.2 Å². The Hall–Kier alpha value is -4.80. The zero-order chi connectivity index (χ0) is 38.2. The molecule has 2 N–H and O–H groups in total. The molecule has 0 aromatic heterocycles. The summed E-state index contributed by atoms with van der Waals surface area (Å²) in [4.78, 5) is 0. The number of ether oxygens (including phenoxy) is 1. The van der Waals surface area contributed by atoms with Crippen LogP contribution >= 0.6 is 14.7 Å². The summed E-state index contributed by atoms with van der Waals surface area (Å²) in [6.07, 6.45) is 5.45. The van der Waals surface area contributed by atoms with Crippen molar-refractivity contribution in [3.8, 4) is 28.4 Å². The number of para-hydroxylation sites is 2. The summed E-state index contributed by atoms with van der Waals surface area (Å²) in [5, 5.41) is 16.0. The highest BCUT2D eigenvalue weighted by molar-refractivity contribution is 7.67. The first-order valence-electron chi connectivity index (χ1n) is 19.0. The number of aliphatic hydroxyl groups is 1. The van der Waals surface area contributed by atoms with E-state index < -0.39 is 20.8 Å². The number of nitrogens with one attached hydrogen (secondary N) is 1. The molecule has 2 heterocycles. The smallest absolute Gasteiger partial charge is 0.280 e. The largest absolute Gasteiger partial charge is 0.493 e. The van der Waals surface area contributed by atoms with E-state index in [1.165, 1.54) is 0 Å². The second-order valence-corrected chi connectivity index (χ2v) is 20.2. The molecule has 1 aliphatic carbocycles. The average molecular weight is 772 g/mol. The van der Waals surface area contributed by atoms with Crippen molar-refractivity contribution in [2.45, 2.75) is 45.1 Å². The maximum atomic E-state index is 14.3. The lowest BCUT2D eigenvalue weighted by atomic mass is 9.78. The molecule has 0 amide bonds. The van der Waals surface area contributed by atoms with Crippen LogP contribution in [0.4, 0.5) is 5.69 Å². The summed E-state index contributed by atoms with van der Waals surface area (Å²) in [6.45, 7) is 7.12. The Bertz CT molecular complexity index is 2370. The SMILES string of the molecule is CC(COc1ccc(C(C)(C)c2ccc(NCC(O)CP3(=O)Oc4ccccc4-c4ccccc43)cc2)cc1)CP1(=O)Oc2ccccc2C2=C1CCC=C2. The van der Waals surface area contributed by atoms with Crippen LogP contribution in [-0.2, 0) is 14.5 Å². The van der Waals surface area contributed by atoms with E-state index in [2.05, 4.69) is 62.5 Å². The van der Waals surface area contributed by atoms with E-state index in [1.54, 1.807) is 0 Å². The van der Waals surface area contributed by atoms with Gasteiger partial charge in [-0.1, -0.05) is 112 Å². The van der Waals surface area contributed by atoms with Crippen LogP contribution in [0.25, 0.3) is 16.7 Å². The zero-order valence-corrected chi connectivity index (χ0v) is 33.3. The lowest BCUT2D eigenvalue weighted by Crippen LogP contribution is -2.29. The van der Waals surface area contributed by atoms with Crippen LogP contribution < -0.4 is 24.4 Å². The van der Waals surface area contributed by atoms with Crippen molar-refractivity contribution >= 4 is 31.3 Å². The molecule has 4 atom stereocenters. The van der Waals surface area contributed by atoms with Gasteiger partial charge in [-0.15, -0.1) is 0 Å². The van der Waals surface area contributed by atoms with Crippen LogP contribution in [0.15, 0.2) is 139 Å². The van der Waals surface area contributed by atoms with E-state index in [1.807, 2.05) is 97.1 Å². The molecule has 0 saturated heterocycles.